The molecule has 2 bridgehead atoms. The van der Waals surface area contributed by atoms with E-state index < -0.39 is 0 Å². The zero-order valence-corrected chi connectivity index (χ0v) is 11.4. The van der Waals surface area contributed by atoms with E-state index in [4.69, 9.17) is 0 Å². The molecule has 2 N–H and O–H groups in total. The predicted octanol–water partition coefficient (Wildman–Crippen LogP) is 2.21. The summed E-state index contributed by atoms with van der Waals surface area (Å²) in [6.07, 6.45) is 6.57. The Morgan fingerprint density at radius 1 is 1.24 bits per heavy atom. The van der Waals surface area contributed by atoms with E-state index >= 15 is 0 Å². The molecule has 3 heteroatoms. The van der Waals surface area contributed by atoms with Crippen LogP contribution < -0.4 is 10.6 Å². The first-order valence-corrected chi connectivity index (χ1v) is 7.22. The maximum absolute atomic E-state index is 12.4. The number of carbonyl (C=O) groups excluding carboxylic acids is 1. The van der Waals surface area contributed by atoms with Crippen LogP contribution in [0.25, 0.3) is 0 Å². The van der Waals surface area contributed by atoms with Crippen molar-refractivity contribution in [2.75, 3.05) is 0 Å². The van der Waals surface area contributed by atoms with E-state index in [2.05, 4.69) is 31.4 Å². The predicted molar refractivity (Wildman–Crippen MR) is 69.8 cm³/mol. The molecule has 2 aliphatic rings. The minimum absolute atomic E-state index is 0.0267. The average molecular weight is 238 g/mol. The molecule has 2 saturated heterocycles. The number of fused-ring (bicyclic) bond motifs is 2. The first-order chi connectivity index (χ1) is 8.14. The van der Waals surface area contributed by atoms with Gasteiger partial charge in [-0.05, 0) is 38.5 Å². The third-order valence-electron chi connectivity index (χ3n) is 5.06. The van der Waals surface area contributed by atoms with Crippen molar-refractivity contribution < 1.29 is 4.79 Å². The van der Waals surface area contributed by atoms with Gasteiger partial charge in [-0.25, -0.2) is 0 Å². The summed E-state index contributed by atoms with van der Waals surface area (Å²) in [5.74, 6) is 0.507. The van der Waals surface area contributed by atoms with Gasteiger partial charge in [-0.1, -0.05) is 20.8 Å². The average Bonchev–Trinajstić information content (AvgIpc) is 2.98. The Bertz CT molecular complexity index is 278. The van der Waals surface area contributed by atoms with Gasteiger partial charge in [0, 0.05) is 17.6 Å². The zero-order chi connectivity index (χ0) is 12.5. The monoisotopic (exact) mass is 238 g/mol. The van der Waals surface area contributed by atoms with E-state index in [0.717, 1.165) is 25.7 Å². The summed E-state index contributed by atoms with van der Waals surface area (Å²) < 4.78 is 0. The van der Waals surface area contributed by atoms with Crippen molar-refractivity contribution in [2.24, 2.45) is 5.92 Å². The number of amides is 1. The highest BCUT2D eigenvalue weighted by atomic mass is 16.2. The Morgan fingerprint density at radius 2 is 1.88 bits per heavy atom. The van der Waals surface area contributed by atoms with Gasteiger partial charge in [0.15, 0.2) is 0 Å². The highest BCUT2D eigenvalue weighted by Crippen LogP contribution is 2.34. The minimum atomic E-state index is 0.0267. The molecule has 0 spiro atoms. The molecule has 1 amide bonds. The second-order valence-corrected chi connectivity index (χ2v) is 5.72. The van der Waals surface area contributed by atoms with Crippen molar-refractivity contribution in [1.82, 2.24) is 10.6 Å². The molecule has 17 heavy (non-hydrogen) atoms. The summed E-state index contributed by atoms with van der Waals surface area (Å²) in [7, 11) is 0. The van der Waals surface area contributed by atoms with Gasteiger partial charge in [0.2, 0.25) is 5.91 Å². The Hall–Kier alpha value is -0.570. The van der Waals surface area contributed by atoms with Crippen LogP contribution >= 0.6 is 0 Å². The lowest BCUT2D eigenvalue weighted by Crippen LogP contribution is -2.51. The maximum atomic E-state index is 12.4. The van der Waals surface area contributed by atoms with Crippen LogP contribution in [0.2, 0.25) is 0 Å². The van der Waals surface area contributed by atoms with Crippen LogP contribution in [-0.2, 0) is 4.79 Å². The highest BCUT2D eigenvalue weighted by molar-refractivity contribution is 5.80. The van der Waals surface area contributed by atoms with Crippen LogP contribution in [0.3, 0.4) is 0 Å². The van der Waals surface area contributed by atoms with Gasteiger partial charge in [-0.15, -0.1) is 0 Å². The summed E-state index contributed by atoms with van der Waals surface area (Å²) in [5, 5.41) is 6.87. The summed E-state index contributed by atoms with van der Waals surface area (Å²) in [5.41, 5.74) is 0.0267. The Labute approximate surface area is 105 Å². The van der Waals surface area contributed by atoms with Crippen LogP contribution in [0.5, 0.6) is 0 Å². The molecule has 0 aromatic rings. The van der Waals surface area contributed by atoms with Gasteiger partial charge in [-0.2, -0.15) is 0 Å². The quantitative estimate of drug-likeness (QED) is 0.771. The van der Waals surface area contributed by atoms with Crippen molar-refractivity contribution in [3.63, 3.8) is 0 Å². The van der Waals surface area contributed by atoms with E-state index in [0.29, 0.717) is 12.1 Å². The van der Waals surface area contributed by atoms with Gasteiger partial charge in [0.25, 0.3) is 0 Å². The topological polar surface area (TPSA) is 41.1 Å². The zero-order valence-electron chi connectivity index (χ0n) is 11.4. The summed E-state index contributed by atoms with van der Waals surface area (Å²) >= 11 is 0. The molecule has 98 valence electrons. The number of hydrogen-bond donors (Lipinski definition) is 2. The van der Waals surface area contributed by atoms with Crippen LogP contribution in [0, 0.1) is 5.92 Å². The molecule has 2 fully saturated rings. The molecule has 0 aliphatic carbocycles. The molecular formula is C14H26N2O. The Kier molecular flexibility index (Phi) is 3.76. The van der Waals surface area contributed by atoms with Gasteiger partial charge in [-0.3, -0.25) is 4.79 Å². The largest absolute Gasteiger partial charge is 0.350 e. The van der Waals surface area contributed by atoms with Crippen LogP contribution in [-0.4, -0.2) is 23.5 Å². The lowest BCUT2D eigenvalue weighted by atomic mass is 9.85. The van der Waals surface area contributed by atoms with E-state index in [1.807, 2.05) is 0 Å². The van der Waals surface area contributed by atoms with E-state index in [9.17, 15) is 4.79 Å². The van der Waals surface area contributed by atoms with Crippen molar-refractivity contribution in [1.29, 1.82) is 0 Å². The van der Waals surface area contributed by atoms with Crippen LogP contribution in [0.4, 0.5) is 0 Å². The molecule has 3 nitrogen and oxygen atoms in total. The maximum Gasteiger partial charge on any atom is 0.225 e. The summed E-state index contributed by atoms with van der Waals surface area (Å²) in [6, 6.07) is 1.05. The molecule has 3 atom stereocenters. The van der Waals surface area contributed by atoms with Gasteiger partial charge < -0.3 is 10.6 Å². The molecule has 0 radical (unpaired) electrons. The molecule has 2 aliphatic heterocycles. The van der Waals surface area contributed by atoms with Crippen LogP contribution in [0.15, 0.2) is 0 Å². The molecule has 0 saturated carbocycles. The SMILES string of the molecule is CCC(CC)(CC)NC(=O)C1CC2CCC1N2. The van der Waals surface area contributed by atoms with Crippen molar-refractivity contribution in [2.45, 2.75) is 76.9 Å². The Balaban J connectivity index is 1.96. The standard InChI is InChI=1S/C14H26N2O/c1-4-14(5-2,6-3)16-13(17)11-9-10-7-8-12(11)15-10/h10-12,15H,4-9H2,1-3H3,(H,16,17). The third kappa shape index (κ3) is 2.35. The van der Waals surface area contributed by atoms with E-state index in [1.165, 1.54) is 12.8 Å². The fraction of sp³-hybridized carbons (Fsp3) is 0.929. The van der Waals surface area contributed by atoms with E-state index in [1.54, 1.807) is 0 Å². The normalized spacial score (nSPS) is 31.8. The van der Waals surface area contributed by atoms with Gasteiger partial charge in [0.1, 0.15) is 0 Å². The fourth-order valence-corrected chi connectivity index (χ4v) is 3.48. The fourth-order valence-electron chi connectivity index (χ4n) is 3.48. The molecule has 2 heterocycles. The first-order valence-electron chi connectivity index (χ1n) is 7.22. The van der Waals surface area contributed by atoms with E-state index in [-0.39, 0.29) is 17.4 Å². The summed E-state index contributed by atoms with van der Waals surface area (Å²) in [4.78, 5) is 12.4. The smallest absolute Gasteiger partial charge is 0.225 e. The van der Waals surface area contributed by atoms with Crippen molar-refractivity contribution >= 4 is 5.91 Å². The second kappa shape index (κ2) is 4.97. The number of nitrogens with one attached hydrogen (secondary N) is 2. The number of hydrogen-bond acceptors (Lipinski definition) is 2. The van der Waals surface area contributed by atoms with Gasteiger partial charge >= 0.3 is 0 Å². The lowest BCUT2D eigenvalue weighted by Gasteiger charge is -2.34. The molecule has 2 rings (SSSR count). The molecule has 0 aromatic carbocycles. The van der Waals surface area contributed by atoms with Gasteiger partial charge in [0.05, 0.1) is 5.92 Å². The second-order valence-electron chi connectivity index (χ2n) is 5.72. The molecule has 0 aromatic heterocycles. The minimum Gasteiger partial charge on any atom is -0.350 e. The number of rotatable bonds is 5. The molecular weight excluding hydrogens is 212 g/mol. The Morgan fingerprint density at radius 3 is 2.29 bits per heavy atom. The first kappa shape index (κ1) is 12.9. The third-order valence-corrected chi connectivity index (χ3v) is 5.06. The van der Waals surface area contributed by atoms with Crippen molar-refractivity contribution in [3.8, 4) is 0 Å². The van der Waals surface area contributed by atoms with Crippen molar-refractivity contribution in [3.05, 3.63) is 0 Å². The molecule has 3 unspecified atom stereocenters. The summed E-state index contributed by atoms with van der Waals surface area (Å²) in [6.45, 7) is 6.52. The highest BCUT2D eigenvalue weighted by Gasteiger charge is 2.44. The van der Waals surface area contributed by atoms with Crippen LogP contribution in [0.1, 0.15) is 59.3 Å². The number of carbonyl (C=O) groups is 1. The lowest BCUT2D eigenvalue weighted by molar-refractivity contribution is -0.127.